The number of carbonyl (C=O) groups is 4. The fraction of sp³-hybridized carbons (Fsp3) is 0.500. The third kappa shape index (κ3) is 11.9. The molecule has 1 radical (unpaired) electrons. The summed E-state index contributed by atoms with van der Waals surface area (Å²) in [6, 6.07) is 5.29. The van der Waals surface area contributed by atoms with Gasteiger partial charge in [0, 0.05) is 51.4 Å². The van der Waals surface area contributed by atoms with Crippen molar-refractivity contribution in [3.63, 3.8) is 0 Å². The molecule has 3 atom stereocenters. The number of nitrogens with one attached hydrogen (secondary N) is 3. The van der Waals surface area contributed by atoms with E-state index in [-0.39, 0.29) is 69.8 Å². The first-order valence-electron chi connectivity index (χ1n) is 10.1. The molecule has 3 amide bonds. The summed E-state index contributed by atoms with van der Waals surface area (Å²) in [5, 5.41) is 7.88. The fourth-order valence-corrected chi connectivity index (χ4v) is 3.15. The normalized spacial score (nSPS) is 13.1. The first-order chi connectivity index (χ1) is 15.2. The molecule has 181 valence electrons. The largest absolute Gasteiger partial charge is 0.412 e. The third-order valence-corrected chi connectivity index (χ3v) is 5.15. The topological polar surface area (TPSA) is 192 Å². The van der Waals surface area contributed by atoms with Gasteiger partial charge in [-0.05, 0) is 37.6 Å². The summed E-state index contributed by atoms with van der Waals surface area (Å²) < 4.78 is 5.20. The molecule has 0 bridgehead atoms. The van der Waals surface area contributed by atoms with E-state index in [0.717, 1.165) is 5.56 Å². The van der Waals surface area contributed by atoms with E-state index >= 15 is 0 Å². The molecule has 0 saturated heterocycles. The molecule has 1 aromatic rings. The number of primary amides is 1. The number of amides is 3. The fourth-order valence-electron chi connectivity index (χ4n) is 2.84. The molecule has 9 N–H and O–H groups in total. The number of hydrogen-bond acceptors (Lipinski definition) is 9. The smallest absolute Gasteiger partial charge is 0.410 e. The average molecular weight is 557 g/mol. The molecule has 0 heterocycles. The van der Waals surface area contributed by atoms with Crippen LogP contribution in [0.3, 0.4) is 0 Å². The number of hydrogen-bond donors (Lipinski definition) is 7. The molecule has 33 heavy (non-hydrogen) atoms. The molecule has 0 aromatic heterocycles. The minimum Gasteiger partial charge on any atom is -0.410 e. The van der Waals surface area contributed by atoms with Crippen molar-refractivity contribution in [3.8, 4) is 5.75 Å². The van der Waals surface area contributed by atoms with Gasteiger partial charge < -0.3 is 37.9 Å². The summed E-state index contributed by atoms with van der Waals surface area (Å²) in [4.78, 5) is 47.2. The minimum absolute atomic E-state index is 0. The van der Waals surface area contributed by atoms with E-state index < -0.39 is 30.0 Å². The maximum Gasteiger partial charge on any atom is 0.412 e. The molecule has 1 aromatic carbocycles. The molecule has 0 aliphatic heterocycles. The molecule has 0 spiro atoms. The number of benzene rings is 1. The molecular formula is C20H32N6O5SY. The number of ketones is 1. The summed E-state index contributed by atoms with van der Waals surface area (Å²) >= 11 is 4.04. The van der Waals surface area contributed by atoms with Gasteiger partial charge in [0.25, 0.3) is 0 Å². The second-order valence-electron chi connectivity index (χ2n) is 7.10. The van der Waals surface area contributed by atoms with Gasteiger partial charge in [-0.2, -0.15) is 12.6 Å². The Morgan fingerprint density at radius 1 is 1.12 bits per heavy atom. The Balaban J connectivity index is 0.0000102. The van der Waals surface area contributed by atoms with Crippen molar-refractivity contribution >= 4 is 36.3 Å². The molecule has 0 fully saturated rings. The first kappa shape index (κ1) is 31.4. The van der Waals surface area contributed by atoms with Gasteiger partial charge in [0.05, 0.1) is 24.7 Å². The zero-order chi connectivity index (χ0) is 24.1. The molecule has 13 heteroatoms. The van der Waals surface area contributed by atoms with Gasteiger partial charge in [-0.15, -0.1) is 0 Å². The van der Waals surface area contributed by atoms with E-state index in [1.54, 1.807) is 31.3 Å². The van der Waals surface area contributed by atoms with Crippen LogP contribution in [0.2, 0.25) is 0 Å². The number of ether oxygens (including phenoxy) is 1. The van der Waals surface area contributed by atoms with Crippen LogP contribution < -0.4 is 37.9 Å². The number of rotatable bonds is 14. The van der Waals surface area contributed by atoms with Gasteiger partial charge >= 0.3 is 6.09 Å². The van der Waals surface area contributed by atoms with Gasteiger partial charge in [-0.1, -0.05) is 12.1 Å². The zero-order valence-corrected chi connectivity index (χ0v) is 22.3. The molecule has 1 rings (SSSR count). The Hall–Kier alpha value is -1.57. The van der Waals surface area contributed by atoms with Crippen LogP contribution in [0.1, 0.15) is 18.4 Å². The van der Waals surface area contributed by atoms with Crippen LogP contribution >= 0.6 is 12.6 Å². The predicted octanol–water partition coefficient (Wildman–Crippen LogP) is -1.36. The van der Waals surface area contributed by atoms with Crippen molar-refractivity contribution in [1.29, 1.82) is 0 Å². The maximum absolute atomic E-state index is 12.3. The SMILES string of the molecule is CNC(CCNC(=O)Oc1ccc(C[C@H](N)C(=O)NCN)cc1)C(=O)C[C@@H](CS)C(N)=O.[Y]. The number of thiol groups is 1. The van der Waals surface area contributed by atoms with E-state index in [1.165, 1.54) is 0 Å². The van der Waals surface area contributed by atoms with Crippen molar-refractivity contribution in [2.45, 2.75) is 31.3 Å². The van der Waals surface area contributed by atoms with E-state index in [4.69, 9.17) is 21.9 Å². The Labute approximate surface area is 224 Å². The average Bonchev–Trinajstić information content (AvgIpc) is 2.76. The van der Waals surface area contributed by atoms with Crippen molar-refractivity contribution in [2.24, 2.45) is 23.1 Å². The van der Waals surface area contributed by atoms with E-state index in [9.17, 15) is 19.2 Å². The molecule has 11 nitrogen and oxygen atoms in total. The Bertz CT molecular complexity index is 783. The summed E-state index contributed by atoms with van der Waals surface area (Å²) in [7, 11) is 1.62. The van der Waals surface area contributed by atoms with Gasteiger partial charge in [0.1, 0.15) is 5.75 Å². The van der Waals surface area contributed by atoms with Crippen molar-refractivity contribution in [1.82, 2.24) is 16.0 Å². The van der Waals surface area contributed by atoms with Gasteiger partial charge in [0.15, 0.2) is 5.78 Å². The van der Waals surface area contributed by atoms with Crippen molar-refractivity contribution in [2.75, 3.05) is 26.0 Å². The van der Waals surface area contributed by atoms with Crippen molar-refractivity contribution in [3.05, 3.63) is 29.8 Å². The molecule has 0 aliphatic rings. The van der Waals surface area contributed by atoms with Crippen LogP contribution in [0.15, 0.2) is 24.3 Å². The third-order valence-electron chi connectivity index (χ3n) is 4.71. The second kappa shape index (κ2) is 17.0. The van der Waals surface area contributed by atoms with Crippen LogP contribution in [0.25, 0.3) is 0 Å². The van der Waals surface area contributed by atoms with Crippen LogP contribution in [0.4, 0.5) is 4.79 Å². The zero-order valence-electron chi connectivity index (χ0n) is 18.6. The van der Waals surface area contributed by atoms with E-state index in [2.05, 4.69) is 28.6 Å². The van der Waals surface area contributed by atoms with Gasteiger partial charge in [0.2, 0.25) is 11.8 Å². The maximum atomic E-state index is 12.3. The minimum atomic E-state index is -0.734. The predicted molar refractivity (Wildman–Crippen MR) is 123 cm³/mol. The van der Waals surface area contributed by atoms with Crippen LogP contribution in [0.5, 0.6) is 5.75 Å². The monoisotopic (exact) mass is 557 g/mol. The molecule has 0 saturated carbocycles. The Morgan fingerprint density at radius 2 is 1.76 bits per heavy atom. The van der Waals surface area contributed by atoms with Gasteiger partial charge in [-0.3, -0.25) is 14.4 Å². The van der Waals surface area contributed by atoms with E-state index in [1.807, 2.05) is 0 Å². The number of carbonyl (C=O) groups excluding carboxylic acids is 4. The second-order valence-corrected chi connectivity index (χ2v) is 7.46. The Morgan fingerprint density at radius 3 is 2.27 bits per heavy atom. The summed E-state index contributed by atoms with van der Waals surface area (Å²) in [6.45, 7) is 0.197. The summed E-state index contributed by atoms with van der Waals surface area (Å²) in [6.07, 6.45) is -0.0748. The van der Waals surface area contributed by atoms with Gasteiger partial charge in [-0.25, -0.2) is 4.79 Å². The van der Waals surface area contributed by atoms with Crippen LogP contribution in [0, 0.1) is 5.92 Å². The van der Waals surface area contributed by atoms with Crippen LogP contribution in [-0.4, -0.2) is 61.8 Å². The summed E-state index contributed by atoms with van der Waals surface area (Å²) in [5.74, 6) is -1.24. The van der Waals surface area contributed by atoms with Crippen LogP contribution in [-0.2, 0) is 53.5 Å². The van der Waals surface area contributed by atoms with E-state index in [0.29, 0.717) is 18.6 Å². The standard InChI is InChI=1S/C20H32N6O5S.Y/c1-24-16(17(27)9-13(10-32)18(23)28)6-7-25-20(30)31-14-4-2-12(3-5-14)8-15(22)19(29)26-11-21;/h2-5,13,15-16,24,32H,6-11,21-22H2,1H3,(H2,23,28)(H,25,30)(H,26,29);/t13-,15-,16?;/m0./s1. The quantitative estimate of drug-likeness (QED) is 0.108. The summed E-state index contributed by atoms with van der Waals surface area (Å²) in [5.41, 5.74) is 17.1. The number of likely N-dealkylation sites (N-methyl/N-ethyl adjacent to an activating group) is 1. The molecule has 0 aliphatic carbocycles. The Kier molecular flexibility index (Phi) is 16.2. The molecule has 1 unspecified atom stereocenters. The molecular weight excluding hydrogens is 525 g/mol. The first-order valence-corrected chi connectivity index (χ1v) is 10.7. The van der Waals surface area contributed by atoms with Crippen molar-refractivity contribution < 1.29 is 56.6 Å². The number of Topliss-reactive ketones (excluding diaryl/α,β-unsaturated/α-hetero) is 1. The number of nitrogens with two attached hydrogens (primary N) is 3.